The van der Waals surface area contributed by atoms with Crippen LogP contribution in [0.3, 0.4) is 0 Å². The van der Waals surface area contributed by atoms with E-state index >= 15 is 0 Å². The van der Waals surface area contributed by atoms with E-state index in [-0.39, 0.29) is 18.5 Å². The highest BCUT2D eigenvalue weighted by molar-refractivity contribution is 5.78. The van der Waals surface area contributed by atoms with Gasteiger partial charge in [-0.3, -0.25) is 4.79 Å². The van der Waals surface area contributed by atoms with Crippen LogP contribution in [0.25, 0.3) is 0 Å². The zero-order valence-electron chi connectivity index (χ0n) is 11.4. The molecule has 2 N–H and O–H groups in total. The van der Waals surface area contributed by atoms with Crippen LogP contribution in [0, 0.1) is 11.6 Å². The molecule has 0 aliphatic heterocycles. The number of hydrogen-bond donors (Lipinski definition) is 2. The zero-order chi connectivity index (χ0) is 15.5. The first-order valence-electron chi connectivity index (χ1n) is 6.35. The molecule has 0 saturated carbocycles. The summed E-state index contributed by atoms with van der Waals surface area (Å²) in [6.45, 7) is 1.38. The van der Waals surface area contributed by atoms with Crippen LogP contribution in [0.2, 0.25) is 0 Å². The van der Waals surface area contributed by atoms with Gasteiger partial charge in [0.15, 0.2) is 0 Å². The largest absolute Gasteiger partial charge is 0.466 e. The molecule has 1 amide bonds. The Morgan fingerprint density at radius 1 is 1.38 bits per heavy atom. The second kappa shape index (κ2) is 6.05. The fraction of sp³-hybridized carbons (Fsp3) is 0.267. The lowest BCUT2D eigenvalue weighted by Crippen LogP contribution is -2.39. The number of furan rings is 1. The first-order chi connectivity index (χ1) is 9.88. The Morgan fingerprint density at radius 2 is 2.14 bits per heavy atom. The van der Waals surface area contributed by atoms with Crippen molar-refractivity contribution in [1.82, 2.24) is 5.32 Å². The summed E-state index contributed by atoms with van der Waals surface area (Å²) in [4.78, 5) is 11.8. The highest BCUT2D eigenvalue weighted by Crippen LogP contribution is 2.19. The maximum absolute atomic E-state index is 13.4. The van der Waals surface area contributed by atoms with E-state index in [2.05, 4.69) is 5.32 Å². The van der Waals surface area contributed by atoms with E-state index in [1.807, 2.05) is 0 Å². The number of carbonyl (C=O) groups excluding carboxylic acids is 1. The predicted octanol–water partition coefficient (Wildman–Crippen LogP) is 2.12. The van der Waals surface area contributed by atoms with Crippen LogP contribution in [0.4, 0.5) is 8.78 Å². The Kier molecular flexibility index (Phi) is 4.37. The van der Waals surface area contributed by atoms with Crippen molar-refractivity contribution < 1.29 is 23.1 Å². The minimum atomic E-state index is -1.38. The van der Waals surface area contributed by atoms with Gasteiger partial charge in [-0.25, -0.2) is 8.78 Å². The summed E-state index contributed by atoms with van der Waals surface area (Å²) in [6, 6.07) is 6.13. The van der Waals surface area contributed by atoms with E-state index in [9.17, 15) is 18.7 Å². The molecule has 0 fully saturated rings. The second-order valence-corrected chi connectivity index (χ2v) is 4.94. The molecule has 1 aromatic carbocycles. The van der Waals surface area contributed by atoms with Crippen molar-refractivity contribution in [2.45, 2.75) is 18.9 Å². The number of carbonyl (C=O) groups is 1. The van der Waals surface area contributed by atoms with E-state index in [1.165, 1.54) is 13.2 Å². The molecule has 2 rings (SSSR count). The van der Waals surface area contributed by atoms with Gasteiger partial charge < -0.3 is 14.8 Å². The van der Waals surface area contributed by atoms with Crippen LogP contribution in [0.1, 0.15) is 18.2 Å². The molecular formula is C15H15F2NO3. The third kappa shape index (κ3) is 3.88. The van der Waals surface area contributed by atoms with Crippen molar-refractivity contribution in [3.63, 3.8) is 0 Å². The van der Waals surface area contributed by atoms with Gasteiger partial charge in [0.05, 0.1) is 19.2 Å². The standard InChI is InChI=1S/C15H15F2NO3/c1-15(20,13-3-2-6-21-13)9-18-14(19)8-10-7-11(16)4-5-12(10)17/h2-7,20H,8-9H2,1H3,(H,18,19). The van der Waals surface area contributed by atoms with Gasteiger partial charge in [-0.05, 0) is 37.3 Å². The van der Waals surface area contributed by atoms with E-state index in [4.69, 9.17) is 4.42 Å². The van der Waals surface area contributed by atoms with Crippen LogP contribution in [-0.2, 0) is 16.8 Å². The topological polar surface area (TPSA) is 62.5 Å². The van der Waals surface area contributed by atoms with Gasteiger partial charge in [-0.2, -0.15) is 0 Å². The Bertz CT molecular complexity index is 624. The van der Waals surface area contributed by atoms with E-state index in [1.54, 1.807) is 12.1 Å². The van der Waals surface area contributed by atoms with Crippen LogP contribution >= 0.6 is 0 Å². The summed E-state index contributed by atoms with van der Waals surface area (Å²) >= 11 is 0. The van der Waals surface area contributed by atoms with Crippen LogP contribution in [-0.4, -0.2) is 17.6 Å². The Labute approximate surface area is 120 Å². The third-order valence-corrected chi connectivity index (χ3v) is 3.04. The summed E-state index contributed by atoms with van der Waals surface area (Å²) in [6.07, 6.45) is 1.10. The van der Waals surface area contributed by atoms with E-state index in [0.717, 1.165) is 18.2 Å². The summed E-state index contributed by atoms with van der Waals surface area (Å²) in [5, 5.41) is 12.6. The summed E-state index contributed by atoms with van der Waals surface area (Å²) in [7, 11) is 0. The number of benzene rings is 1. The molecule has 0 spiro atoms. The average molecular weight is 295 g/mol. The minimum absolute atomic E-state index is 0.0369. The van der Waals surface area contributed by atoms with Gasteiger partial charge in [0.25, 0.3) is 0 Å². The monoisotopic (exact) mass is 295 g/mol. The number of amides is 1. The van der Waals surface area contributed by atoms with Gasteiger partial charge >= 0.3 is 0 Å². The Hall–Kier alpha value is -2.21. The molecule has 112 valence electrons. The number of nitrogens with one attached hydrogen (secondary N) is 1. The van der Waals surface area contributed by atoms with E-state index < -0.39 is 23.1 Å². The molecule has 1 aromatic heterocycles. The summed E-state index contributed by atoms with van der Waals surface area (Å²) < 4.78 is 31.5. The molecule has 1 heterocycles. The van der Waals surface area contributed by atoms with Crippen molar-refractivity contribution in [2.75, 3.05) is 6.54 Å². The van der Waals surface area contributed by atoms with Gasteiger partial charge in [-0.1, -0.05) is 0 Å². The molecule has 2 aromatic rings. The van der Waals surface area contributed by atoms with Crippen LogP contribution < -0.4 is 5.32 Å². The van der Waals surface area contributed by atoms with Crippen molar-refractivity contribution in [3.8, 4) is 0 Å². The molecule has 1 atom stereocenters. The molecule has 4 nitrogen and oxygen atoms in total. The quantitative estimate of drug-likeness (QED) is 0.888. The fourth-order valence-corrected chi connectivity index (χ4v) is 1.86. The van der Waals surface area contributed by atoms with Gasteiger partial charge in [0.2, 0.25) is 5.91 Å². The molecule has 21 heavy (non-hydrogen) atoms. The van der Waals surface area contributed by atoms with Gasteiger partial charge in [0, 0.05) is 5.56 Å². The number of rotatable bonds is 5. The van der Waals surface area contributed by atoms with Crippen LogP contribution in [0.15, 0.2) is 41.0 Å². The highest BCUT2D eigenvalue weighted by Gasteiger charge is 2.26. The maximum atomic E-state index is 13.4. The lowest BCUT2D eigenvalue weighted by Gasteiger charge is -2.21. The molecule has 0 aliphatic carbocycles. The first-order valence-corrected chi connectivity index (χ1v) is 6.35. The number of hydrogen-bond acceptors (Lipinski definition) is 3. The lowest BCUT2D eigenvalue weighted by atomic mass is 10.0. The SMILES string of the molecule is CC(O)(CNC(=O)Cc1cc(F)ccc1F)c1ccco1. The Morgan fingerprint density at radius 3 is 2.81 bits per heavy atom. The Balaban J connectivity index is 1.95. The smallest absolute Gasteiger partial charge is 0.224 e. The molecule has 0 radical (unpaired) electrons. The predicted molar refractivity (Wildman–Crippen MR) is 71.4 cm³/mol. The van der Waals surface area contributed by atoms with Crippen molar-refractivity contribution in [3.05, 3.63) is 59.6 Å². The van der Waals surface area contributed by atoms with Crippen molar-refractivity contribution in [1.29, 1.82) is 0 Å². The minimum Gasteiger partial charge on any atom is -0.466 e. The summed E-state index contributed by atoms with van der Waals surface area (Å²) in [5.74, 6) is -1.47. The molecular weight excluding hydrogens is 280 g/mol. The van der Waals surface area contributed by atoms with Crippen molar-refractivity contribution in [2.24, 2.45) is 0 Å². The third-order valence-electron chi connectivity index (χ3n) is 3.04. The average Bonchev–Trinajstić information content (AvgIpc) is 2.96. The van der Waals surface area contributed by atoms with E-state index in [0.29, 0.717) is 5.76 Å². The molecule has 1 unspecified atom stereocenters. The molecule has 0 aliphatic rings. The molecule has 6 heteroatoms. The normalized spacial score (nSPS) is 13.7. The van der Waals surface area contributed by atoms with Crippen molar-refractivity contribution >= 4 is 5.91 Å². The van der Waals surface area contributed by atoms with Gasteiger partial charge in [0.1, 0.15) is 23.0 Å². The fourth-order valence-electron chi connectivity index (χ4n) is 1.86. The maximum Gasteiger partial charge on any atom is 0.224 e. The molecule has 0 saturated heterocycles. The first kappa shape index (κ1) is 15.2. The molecule has 0 bridgehead atoms. The highest BCUT2D eigenvalue weighted by atomic mass is 19.1. The second-order valence-electron chi connectivity index (χ2n) is 4.94. The number of aliphatic hydroxyl groups is 1. The van der Waals surface area contributed by atoms with Gasteiger partial charge in [-0.15, -0.1) is 0 Å². The number of halogens is 2. The lowest BCUT2D eigenvalue weighted by molar-refractivity contribution is -0.121. The van der Waals surface area contributed by atoms with Crippen LogP contribution in [0.5, 0.6) is 0 Å². The summed E-state index contributed by atoms with van der Waals surface area (Å²) in [5.41, 5.74) is -1.41. The zero-order valence-corrected chi connectivity index (χ0v) is 11.4.